The summed E-state index contributed by atoms with van der Waals surface area (Å²) in [5.74, 6) is -3.53. The number of nitrogens with two attached hydrogens (primary N) is 1. The van der Waals surface area contributed by atoms with Gasteiger partial charge in [0.2, 0.25) is 17.7 Å². The van der Waals surface area contributed by atoms with Gasteiger partial charge in [-0.15, -0.1) is 0 Å². The van der Waals surface area contributed by atoms with Gasteiger partial charge in [0, 0.05) is 12.8 Å². The molecule has 0 radical (unpaired) electrons. The van der Waals surface area contributed by atoms with Gasteiger partial charge in [0.15, 0.2) is 0 Å². The zero-order valence-electron chi connectivity index (χ0n) is 24.1. The monoisotopic (exact) mass is 590 g/mol. The van der Waals surface area contributed by atoms with E-state index in [-0.39, 0.29) is 36.7 Å². The summed E-state index contributed by atoms with van der Waals surface area (Å²) in [5.41, 5.74) is 8.15. The van der Waals surface area contributed by atoms with Gasteiger partial charge < -0.3 is 37.0 Å². The summed E-state index contributed by atoms with van der Waals surface area (Å²) in [6, 6.07) is 16.7. The minimum atomic E-state index is -1.33. The molecular weight excluding hydrogens is 552 g/mol. The van der Waals surface area contributed by atoms with Crippen LogP contribution in [0.2, 0.25) is 0 Å². The number of hydrogen-bond donors (Lipinski definition) is 7. The van der Waals surface area contributed by atoms with Crippen LogP contribution in [0.4, 0.5) is 0 Å². The molecule has 228 valence electrons. The van der Waals surface area contributed by atoms with Crippen LogP contribution in [0.3, 0.4) is 0 Å². The number of carbonyl (C=O) groups is 4. The Balaban J connectivity index is 1.77. The highest BCUT2D eigenvalue weighted by Gasteiger charge is 2.32. The summed E-state index contributed by atoms with van der Waals surface area (Å²) in [7, 11) is 0. The van der Waals surface area contributed by atoms with Crippen molar-refractivity contribution in [3.63, 3.8) is 0 Å². The quantitative estimate of drug-likeness (QED) is 0.147. The first-order valence-electron chi connectivity index (χ1n) is 13.9. The Labute approximate surface area is 250 Å². The lowest BCUT2D eigenvalue weighted by Crippen LogP contribution is -2.59. The van der Waals surface area contributed by atoms with Crippen LogP contribution >= 0.6 is 0 Å². The number of carboxylic acid groups (broad SMARTS) is 1. The molecule has 4 atom stereocenters. The second kappa shape index (κ2) is 15.4. The van der Waals surface area contributed by atoms with Crippen LogP contribution in [0.25, 0.3) is 0 Å². The second-order valence-electron chi connectivity index (χ2n) is 10.7. The average molecular weight is 591 g/mol. The van der Waals surface area contributed by atoms with E-state index in [2.05, 4.69) is 16.0 Å². The molecule has 0 aliphatic rings. The van der Waals surface area contributed by atoms with Gasteiger partial charge in [-0.25, -0.2) is 4.79 Å². The maximum Gasteiger partial charge on any atom is 0.326 e. The van der Waals surface area contributed by atoms with E-state index < -0.39 is 47.9 Å². The van der Waals surface area contributed by atoms with Crippen molar-refractivity contribution in [3.05, 3.63) is 95.6 Å². The first kappa shape index (κ1) is 32.6. The highest BCUT2D eigenvalue weighted by atomic mass is 16.4. The molecule has 43 heavy (non-hydrogen) atoms. The van der Waals surface area contributed by atoms with Crippen molar-refractivity contribution in [2.45, 2.75) is 57.3 Å². The van der Waals surface area contributed by atoms with Gasteiger partial charge in [-0.05, 0) is 53.3 Å². The number of benzene rings is 3. The third-order valence-corrected chi connectivity index (χ3v) is 6.88. The molecule has 11 heteroatoms. The minimum Gasteiger partial charge on any atom is -0.508 e. The fourth-order valence-corrected chi connectivity index (χ4v) is 4.43. The molecule has 0 aliphatic carbocycles. The molecule has 0 spiro atoms. The van der Waals surface area contributed by atoms with Crippen molar-refractivity contribution in [1.29, 1.82) is 0 Å². The Bertz CT molecular complexity index is 1380. The highest BCUT2D eigenvalue weighted by Crippen LogP contribution is 2.14. The molecule has 0 saturated carbocycles. The maximum absolute atomic E-state index is 13.5. The molecule has 3 amide bonds. The molecule has 0 bridgehead atoms. The SMILES string of the molecule is CC(C)C(NC(=O)C(N)Cc1ccccc1)C(=O)NC(Cc1ccc(O)cc1)C(=O)NC(Cc1ccc(O)cc1)C(=O)O. The maximum atomic E-state index is 13.5. The van der Waals surface area contributed by atoms with Gasteiger partial charge in [0.1, 0.15) is 29.6 Å². The molecule has 0 fully saturated rings. The highest BCUT2D eigenvalue weighted by molar-refractivity contribution is 5.94. The molecule has 11 nitrogen and oxygen atoms in total. The first-order valence-corrected chi connectivity index (χ1v) is 13.9. The van der Waals surface area contributed by atoms with Crippen LogP contribution in [-0.4, -0.2) is 63.2 Å². The van der Waals surface area contributed by atoms with Gasteiger partial charge >= 0.3 is 5.97 Å². The number of phenolic OH excluding ortho intramolecular Hbond substituents is 2. The Hall–Kier alpha value is -4.90. The topological polar surface area (TPSA) is 191 Å². The second-order valence-corrected chi connectivity index (χ2v) is 10.7. The Morgan fingerprint density at radius 2 is 1.09 bits per heavy atom. The molecular formula is C32H38N4O7. The third-order valence-electron chi connectivity index (χ3n) is 6.88. The fourth-order valence-electron chi connectivity index (χ4n) is 4.43. The van der Waals surface area contributed by atoms with E-state index in [1.807, 2.05) is 30.3 Å². The molecule has 3 aromatic carbocycles. The van der Waals surface area contributed by atoms with Crippen molar-refractivity contribution >= 4 is 23.7 Å². The number of phenols is 2. The smallest absolute Gasteiger partial charge is 0.326 e. The van der Waals surface area contributed by atoms with E-state index in [9.17, 15) is 34.5 Å². The lowest BCUT2D eigenvalue weighted by molar-refractivity contribution is -0.142. The van der Waals surface area contributed by atoms with E-state index in [1.54, 1.807) is 38.1 Å². The van der Waals surface area contributed by atoms with Crippen LogP contribution in [-0.2, 0) is 38.4 Å². The summed E-state index contributed by atoms with van der Waals surface area (Å²) in [6.45, 7) is 3.47. The number of nitrogens with one attached hydrogen (secondary N) is 3. The minimum absolute atomic E-state index is 0.0167. The Morgan fingerprint density at radius 1 is 0.628 bits per heavy atom. The summed E-state index contributed by atoms with van der Waals surface area (Å²) in [6.07, 6.45) is 0.184. The molecule has 0 saturated heterocycles. The largest absolute Gasteiger partial charge is 0.508 e. The van der Waals surface area contributed by atoms with E-state index >= 15 is 0 Å². The predicted molar refractivity (Wildman–Crippen MR) is 160 cm³/mol. The van der Waals surface area contributed by atoms with Gasteiger partial charge in [-0.1, -0.05) is 68.4 Å². The predicted octanol–water partition coefficient (Wildman–Crippen LogP) is 1.65. The number of aromatic hydroxyl groups is 2. The molecule has 8 N–H and O–H groups in total. The van der Waals surface area contributed by atoms with Crippen LogP contribution in [0, 0.1) is 5.92 Å². The van der Waals surface area contributed by atoms with Crippen molar-refractivity contribution in [2.24, 2.45) is 11.7 Å². The number of aliphatic carboxylic acids is 1. The zero-order chi connectivity index (χ0) is 31.5. The number of carboxylic acids is 1. The normalized spacial score (nSPS) is 13.8. The van der Waals surface area contributed by atoms with Crippen molar-refractivity contribution in [3.8, 4) is 11.5 Å². The molecule has 4 unspecified atom stereocenters. The number of amides is 3. The number of rotatable bonds is 14. The summed E-state index contributed by atoms with van der Waals surface area (Å²) in [5, 5.41) is 36.8. The third kappa shape index (κ3) is 10.2. The first-order chi connectivity index (χ1) is 20.4. The molecule has 0 aromatic heterocycles. The van der Waals surface area contributed by atoms with Gasteiger partial charge in [0.25, 0.3) is 0 Å². The van der Waals surface area contributed by atoms with Crippen LogP contribution in [0.1, 0.15) is 30.5 Å². The molecule has 0 aliphatic heterocycles. The van der Waals surface area contributed by atoms with Crippen LogP contribution in [0.15, 0.2) is 78.9 Å². The molecule has 0 heterocycles. The van der Waals surface area contributed by atoms with E-state index in [0.717, 1.165) is 5.56 Å². The van der Waals surface area contributed by atoms with Crippen LogP contribution in [0.5, 0.6) is 11.5 Å². The number of hydrogen-bond acceptors (Lipinski definition) is 7. The van der Waals surface area contributed by atoms with Gasteiger partial charge in [-0.3, -0.25) is 14.4 Å². The Morgan fingerprint density at radius 3 is 1.58 bits per heavy atom. The van der Waals surface area contributed by atoms with E-state index in [1.165, 1.54) is 24.3 Å². The average Bonchev–Trinajstić information content (AvgIpc) is 2.97. The summed E-state index contributed by atoms with van der Waals surface area (Å²) < 4.78 is 0. The van der Waals surface area contributed by atoms with Gasteiger partial charge in [-0.2, -0.15) is 0 Å². The van der Waals surface area contributed by atoms with Gasteiger partial charge in [0.05, 0.1) is 6.04 Å². The summed E-state index contributed by atoms with van der Waals surface area (Å²) in [4.78, 5) is 51.9. The summed E-state index contributed by atoms with van der Waals surface area (Å²) >= 11 is 0. The number of carbonyl (C=O) groups excluding carboxylic acids is 3. The standard InChI is InChI=1S/C32H38N4O7/c1-19(2)28(36-29(39)25(33)16-20-6-4-3-5-7-20)31(41)34-26(17-21-8-12-23(37)13-9-21)30(40)35-27(32(42)43)18-22-10-14-24(38)15-11-22/h3-15,19,25-28,37-38H,16-18,33H2,1-2H3,(H,34,41)(H,35,40)(H,36,39)(H,42,43). The van der Waals surface area contributed by atoms with Crippen molar-refractivity contribution < 1.29 is 34.5 Å². The lowest BCUT2D eigenvalue weighted by atomic mass is 9.99. The fraction of sp³-hybridized carbons (Fsp3) is 0.312. The van der Waals surface area contributed by atoms with Crippen molar-refractivity contribution in [2.75, 3.05) is 0 Å². The van der Waals surface area contributed by atoms with E-state index in [4.69, 9.17) is 5.73 Å². The lowest BCUT2D eigenvalue weighted by Gasteiger charge is -2.27. The Kier molecular flexibility index (Phi) is 11.7. The van der Waals surface area contributed by atoms with Crippen molar-refractivity contribution in [1.82, 2.24) is 16.0 Å². The van der Waals surface area contributed by atoms with Crippen LogP contribution < -0.4 is 21.7 Å². The molecule has 3 aromatic rings. The van der Waals surface area contributed by atoms with E-state index in [0.29, 0.717) is 11.1 Å². The zero-order valence-corrected chi connectivity index (χ0v) is 24.1. The molecule has 3 rings (SSSR count).